The van der Waals surface area contributed by atoms with Gasteiger partial charge in [-0.25, -0.2) is 9.97 Å². The van der Waals surface area contributed by atoms with E-state index in [1.54, 1.807) is 0 Å². The quantitative estimate of drug-likeness (QED) is 0.174. The zero-order valence-electron chi connectivity index (χ0n) is 33.3. The van der Waals surface area contributed by atoms with Crippen LogP contribution < -0.4 is 0 Å². The predicted octanol–water partition coefficient (Wildman–Crippen LogP) is 14.8. The van der Waals surface area contributed by atoms with Crippen molar-refractivity contribution in [2.75, 3.05) is 0 Å². The van der Waals surface area contributed by atoms with Gasteiger partial charge in [-0.3, -0.25) is 0 Å². The predicted molar refractivity (Wildman–Crippen MR) is 251 cm³/mol. The molecule has 0 N–H and O–H groups in total. The molecule has 2 aliphatic carbocycles. The second kappa shape index (κ2) is 14.1. The lowest BCUT2D eigenvalue weighted by Gasteiger charge is -2.35. The van der Waals surface area contributed by atoms with Crippen molar-refractivity contribution in [3.05, 3.63) is 253 Å². The van der Waals surface area contributed by atoms with Crippen molar-refractivity contribution in [1.29, 1.82) is 0 Å². The van der Waals surface area contributed by atoms with Gasteiger partial charge in [-0.1, -0.05) is 212 Å². The van der Waals surface area contributed by atoms with Gasteiger partial charge in [-0.05, 0) is 96.1 Å². The third kappa shape index (κ3) is 5.50. The molecular weight excluding hydrogens is 737 g/mol. The Balaban J connectivity index is 1.13. The molecule has 0 atom stereocenters. The van der Waals surface area contributed by atoms with Crippen LogP contribution in [0.25, 0.3) is 89.5 Å². The van der Waals surface area contributed by atoms with Gasteiger partial charge in [0.1, 0.15) is 0 Å². The summed E-state index contributed by atoms with van der Waals surface area (Å²) in [6.07, 6.45) is 0. The first-order valence-electron chi connectivity index (χ1n) is 21.0. The normalized spacial score (nSPS) is 12.7. The molecule has 0 unspecified atom stereocenters. The molecule has 0 radical (unpaired) electrons. The van der Waals surface area contributed by atoms with E-state index in [-0.39, 0.29) is 0 Å². The summed E-state index contributed by atoms with van der Waals surface area (Å²) in [5.41, 5.74) is 21.5. The van der Waals surface area contributed by atoms with Gasteiger partial charge in [0.25, 0.3) is 0 Å². The van der Waals surface area contributed by atoms with Gasteiger partial charge >= 0.3 is 0 Å². The molecule has 2 nitrogen and oxygen atoms in total. The van der Waals surface area contributed by atoms with Crippen LogP contribution >= 0.6 is 0 Å². The first kappa shape index (κ1) is 35.0. The van der Waals surface area contributed by atoms with Crippen LogP contribution in [0.15, 0.2) is 231 Å². The molecule has 0 bridgehead atoms. The molecule has 12 rings (SSSR count). The van der Waals surface area contributed by atoms with Crippen LogP contribution in [0.1, 0.15) is 22.3 Å². The van der Waals surface area contributed by atoms with Crippen LogP contribution in [-0.4, -0.2) is 9.97 Å². The fourth-order valence-corrected chi connectivity index (χ4v) is 10.1. The SMILES string of the molecule is c1ccc(-c2cccc(-c3cc(-c4ccc5c(c4)-c4ccccc4-c4ccccc4C54c5ccccc5-c5ccccc54)nc(-c4ccccc4-c4ccccc4)n3)c2)cc1. The molecular formula is C59H38N2. The van der Waals surface area contributed by atoms with Crippen molar-refractivity contribution in [1.82, 2.24) is 9.97 Å². The molecule has 0 fully saturated rings. The van der Waals surface area contributed by atoms with E-state index in [1.165, 1.54) is 61.2 Å². The van der Waals surface area contributed by atoms with E-state index in [4.69, 9.17) is 9.97 Å². The minimum atomic E-state index is -0.537. The summed E-state index contributed by atoms with van der Waals surface area (Å²) in [5.74, 6) is 0.690. The van der Waals surface area contributed by atoms with Crippen LogP contribution in [0.2, 0.25) is 0 Å². The molecule has 0 amide bonds. The zero-order chi connectivity index (χ0) is 40.3. The second-order valence-corrected chi connectivity index (χ2v) is 16.0. The van der Waals surface area contributed by atoms with Crippen LogP contribution in [0.3, 0.4) is 0 Å². The lowest BCUT2D eigenvalue weighted by molar-refractivity contribution is 0.775. The Bertz CT molecular complexity index is 3260. The summed E-state index contributed by atoms with van der Waals surface area (Å²) in [5, 5.41) is 0. The van der Waals surface area contributed by atoms with E-state index in [0.29, 0.717) is 5.82 Å². The fraction of sp³-hybridized carbons (Fsp3) is 0.0169. The maximum atomic E-state index is 5.48. The average Bonchev–Trinajstić information content (AvgIpc) is 3.59. The van der Waals surface area contributed by atoms with Crippen molar-refractivity contribution >= 4 is 0 Å². The van der Waals surface area contributed by atoms with Crippen molar-refractivity contribution < 1.29 is 0 Å². The molecule has 0 saturated heterocycles. The van der Waals surface area contributed by atoms with E-state index >= 15 is 0 Å². The highest BCUT2D eigenvalue weighted by atomic mass is 14.9. The lowest BCUT2D eigenvalue weighted by Crippen LogP contribution is -2.29. The summed E-state index contributed by atoms with van der Waals surface area (Å²) < 4.78 is 0. The van der Waals surface area contributed by atoms with E-state index in [1.807, 2.05) is 0 Å². The number of fused-ring (bicyclic) bond motifs is 12. The summed E-state index contributed by atoms with van der Waals surface area (Å²) in [4.78, 5) is 10.9. The Morgan fingerprint density at radius 2 is 0.639 bits per heavy atom. The largest absolute Gasteiger partial charge is 0.228 e. The number of hydrogen-bond acceptors (Lipinski definition) is 2. The van der Waals surface area contributed by atoms with Gasteiger partial charge in [0.2, 0.25) is 0 Å². The standard InChI is InChI=1S/C59H38N2/c1-3-18-39(19-4-1)41-22-17-23-42(36-41)56-38-57(61-58(60-56)50-30-10-7-24-44(50)40-20-5-2-6-21-40)43-34-35-55-51(37-43)46-26-9-8-25-45(46)47-27-11-14-31-52(47)59(55)53-32-15-12-28-48(53)49-29-13-16-33-54(49)59/h1-38H. The summed E-state index contributed by atoms with van der Waals surface area (Å²) in [7, 11) is 0. The number of rotatable bonds is 5. The highest BCUT2D eigenvalue weighted by Crippen LogP contribution is 2.61. The fourth-order valence-electron chi connectivity index (χ4n) is 10.1. The second-order valence-electron chi connectivity index (χ2n) is 16.0. The molecule has 1 spiro atoms. The van der Waals surface area contributed by atoms with E-state index in [2.05, 4.69) is 231 Å². The van der Waals surface area contributed by atoms with Crippen molar-refractivity contribution in [3.63, 3.8) is 0 Å². The lowest BCUT2D eigenvalue weighted by atomic mass is 9.66. The molecule has 10 aromatic rings. The average molecular weight is 775 g/mol. The zero-order valence-corrected chi connectivity index (χ0v) is 33.3. The first-order valence-corrected chi connectivity index (χ1v) is 21.0. The molecule has 61 heavy (non-hydrogen) atoms. The third-order valence-corrected chi connectivity index (χ3v) is 12.8. The number of hydrogen-bond donors (Lipinski definition) is 0. The molecule has 0 saturated carbocycles. The minimum Gasteiger partial charge on any atom is -0.228 e. The Morgan fingerprint density at radius 3 is 1.25 bits per heavy atom. The van der Waals surface area contributed by atoms with Gasteiger partial charge in [0, 0.05) is 16.7 Å². The number of nitrogens with zero attached hydrogens (tertiary/aromatic N) is 2. The van der Waals surface area contributed by atoms with Crippen LogP contribution in [0.5, 0.6) is 0 Å². The van der Waals surface area contributed by atoms with Crippen LogP contribution in [-0.2, 0) is 5.41 Å². The van der Waals surface area contributed by atoms with Crippen molar-refractivity contribution in [2.45, 2.75) is 5.41 Å². The number of benzene rings is 9. The van der Waals surface area contributed by atoms with Gasteiger partial charge in [0.15, 0.2) is 5.82 Å². The Labute approximate surface area is 356 Å². The van der Waals surface area contributed by atoms with Crippen molar-refractivity contribution in [3.8, 4) is 89.5 Å². The summed E-state index contributed by atoms with van der Waals surface area (Å²) in [6, 6.07) is 83.5. The molecule has 2 heteroatoms. The van der Waals surface area contributed by atoms with Gasteiger partial charge in [-0.2, -0.15) is 0 Å². The maximum absolute atomic E-state index is 5.48. The van der Waals surface area contributed by atoms with Gasteiger partial charge in [-0.15, -0.1) is 0 Å². The minimum absolute atomic E-state index is 0.537. The Morgan fingerprint density at radius 1 is 0.230 bits per heavy atom. The molecule has 0 aliphatic heterocycles. The van der Waals surface area contributed by atoms with Crippen molar-refractivity contribution in [2.24, 2.45) is 0 Å². The molecule has 1 aromatic heterocycles. The third-order valence-electron chi connectivity index (χ3n) is 12.8. The monoisotopic (exact) mass is 774 g/mol. The Kier molecular flexibility index (Phi) is 8.11. The molecule has 2 aliphatic rings. The highest BCUT2D eigenvalue weighted by Gasteiger charge is 2.49. The van der Waals surface area contributed by atoms with E-state index < -0.39 is 5.41 Å². The van der Waals surface area contributed by atoms with Gasteiger partial charge < -0.3 is 0 Å². The summed E-state index contributed by atoms with van der Waals surface area (Å²) >= 11 is 0. The topological polar surface area (TPSA) is 25.8 Å². The molecule has 9 aromatic carbocycles. The van der Waals surface area contributed by atoms with E-state index in [9.17, 15) is 0 Å². The smallest absolute Gasteiger partial charge is 0.161 e. The number of aromatic nitrogens is 2. The first-order chi connectivity index (χ1) is 30.3. The molecule has 1 heterocycles. The summed E-state index contributed by atoms with van der Waals surface area (Å²) in [6.45, 7) is 0. The van der Waals surface area contributed by atoms with Gasteiger partial charge in [0.05, 0.1) is 16.8 Å². The van der Waals surface area contributed by atoms with Crippen LogP contribution in [0, 0.1) is 0 Å². The van der Waals surface area contributed by atoms with Crippen LogP contribution in [0.4, 0.5) is 0 Å². The maximum Gasteiger partial charge on any atom is 0.161 e. The molecule has 284 valence electrons. The Hall–Kier alpha value is -7.94. The highest BCUT2D eigenvalue weighted by molar-refractivity contribution is 5.98. The van der Waals surface area contributed by atoms with E-state index in [0.717, 1.165) is 44.8 Å².